The molecule has 0 bridgehead atoms. The molecule has 1 aliphatic rings. The number of amides is 1. The minimum Gasteiger partial charge on any atom is -0.456 e. The van der Waals surface area contributed by atoms with Crippen molar-refractivity contribution in [1.82, 2.24) is 4.90 Å². The summed E-state index contributed by atoms with van der Waals surface area (Å²) in [6.07, 6.45) is 0.183. The summed E-state index contributed by atoms with van der Waals surface area (Å²) in [6, 6.07) is 9.13. The molecule has 0 aliphatic carbocycles. The molecule has 0 unspecified atom stereocenters. The number of nitrogens with zero attached hydrogens (tertiary/aromatic N) is 1. The number of carbonyl (C=O) groups excluding carboxylic acids is 3. The van der Waals surface area contributed by atoms with Gasteiger partial charge in [-0.25, -0.2) is 22.8 Å². The first kappa shape index (κ1) is 21.4. The van der Waals surface area contributed by atoms with Crippen LogP contribution in [0.4, 0.5) is 18.0 Å². The molecule has 0 spiro atoms. The highest BCUT2D eigenvalue weighted by Gasteiger charge is 2.36. The van der Waals surface area contributed by atoms with Gasteiger partial charge in [-0.15, -0.1) is 0 Å². The third kappa shape index (κ3) is 4.97. The number of ether oxygens (including phenoxy) is 2. The van der Waals surface area contributed by atoms with Crippen molar-refractivity contribution >= 4 is 17.8 Å². The Kier molecular flexibility index (Phi) is 6.71. The molecule has 1 heterocycles. The number of rotatable bonds is 6. The molecule has 2 aromatic carbocycles. The second-order valence-corrected chi connectivity index (χ2v) is 6.68. The summed E-state index contributed by atoms with van der Waals surface area (Å²) in [5.41, 5.74) is 0.318. The van der Waals surface area contributed by atoms with E-state index < -0.39 is 53.5 Å². The summed E-state index contributed by atoms with van der Waals surface area (Å²) in [4.78, 5) is 37.9. The molecule has 1 saturated heterocycles. The fourth-order valence-electron chi connectivity index (χ4n) is 3.07. The van der Waals surface area contributed by atoms with Gasteiger partial charge in [0, 0.05) is 12.1 Å². The van der Waals surface area contributed by atoms with Gasteiger partial charge in [-0.1, -0.05) is 30.3 Å². The second kappa shape index (κ2) is 9.43. The van der Waals surface area contributed by atoms with E-state index in [1.165, 1.54) is 4.90 Å². The van der Waals surface area contributed by atoms with Gasteiger partial charge in [-0.2, -0.15) is 0 Å². The number of halogens is 3. The normalized spacial score (nSPS) is 15.7. The molecular formula is C21H18F3NO5. The third-order valence-corrected chi connectivity index (χ3v) is 4.62. The topological polar surface area (TPSA) is 72.9 Å². The van der Waals surface area contributed by atoms with Crippen molar-refractivity contribution in [3.05, 3.63) is 71.0 Å². The molecule has 0 aromatic heterocycles. The van der Waals surface area contributed by atoms with Crippen LogP contribution >= 0.6 is 0 Å². The minimum atomic E-state index is -1.70. The third-order valence-electron chi connectivity index (χ3n) is 4.62. The second-order valence-electron chi connectivity index (χ2n) is 6.68. The van der Waals surface area contributed by atoms with Crippen molar-refractivity contribution in [1.29, 1.82) is 0 Å². The molecule has 1 amide bonds. The van der Waals surface area contributed by atoms with Gasteiger partial charge in [0.2, 0.25) is 5.78 Å². The lowest BCUT2D eigenvalue weighted by molar-refractivity contribution is -0.147. The number of carbonyl (C=O) groups is 3. The molecule has 30 heavy (non-hydrogen) atoms. The zero-order chi connectivity index (χ0) is 21.7. The monoisotopic (exact) mass is 421 g/mol. The van der Waals surface area contributed by atoms with Crippen LogP contribution in [-0.4, -0.2) is 41.9 Å². The Morgan fingerprint density at radius 1 is 1.00 bits per heavy atom. The quantitative estimate of drug-likeness (QED) is 0.405. The number of Topliss-reactive ketones (excluding diaryl/α,β-unsaturated/α-hetero) is 1. The van der Waals surface area contributed by atoms with E-state index in [-0.39, 0.29) is 13.2 Å². The SMILES string of the molecule is O=C(COC(=O)[C@@H]1CCCN1C(=O)OCc1ccccc1)c1cc(F)c(F)c(F)c1. The van der Waals surface area contributed by atoms with E-state index in [2.05, 4.69) is 0 Å². The highest BCUT2D eigenvalue weighted by Crippen LogP contribution is 2.20. The van der Waals surface area contributed by atoms with E-state index in [0.717, 1.165) is 5.56 Å². The number of esters is 1. The Bertz CT molecular complexity index is 928. The van der Waals surface area contributed by atoms with Crippen LogP contribution in [-0.2, 0) is 20.9 Å². The van der Waals surface area contributed by atoms with E-state index in [4.69, 9.17) is 9.47 Å². The Balaban J connectivity index is 1.55. The number of likely N-dealkylation sites (tertiary alicyclic amines) is 1. The van der Waals surface area contributed by atoms with E-state index in [1.807, 2.05) is 6.07 Å². The largest absolute Gasteiger partial charge is 0.456 e. The van der Waals surface area contributed by atoms with Crippen LogP contribution in [0, 0.1) is 17.5 Å². The summed E-state index contributed by atoms with van der Waals surface area (Å²) in [5.74, 6) is -6.47. The molecule has 1 atom stereocenters. The molecule has 3 rings (SSSR count). The lowest BCUT2D eigenvalue weighted by Crippen LogP contribution is -2.42. The van der Waals surface area contributed by atoms with Crippen LogP contribution < -0.4 is 0 Å². The van der Waals surface area contributed by atoms with E-state index in [0.29, 0.717) is 25.0 Å². The lowest BCUT2D eigenvalue weighted by atomic mass is 10.1. The predicted molar refractivity (Wildman–Crippen MR) is 98.0 cm³/mol. The zero-order valence-electron chi connectivity index (χ0n) is 15.8. The van der Waals surface area contributed by atoms with Crippen molar-refractivity contribution in [2.24, 2.45) is 0 Å². The van der Waals surface area contributed by atoms with Crippen molar-refractivity contribution in [3.63, 3.8) is 0 Å². The molecule has 1 aliphatic heterocycles. The zero-order valence-corrected chi connectivity index (χ0v) is 15.8. The van der Waals surface area contributed by atoms with E-state index in [9.17, 15) is 27.6 Å². The number of hydrogen-bond donors (Lipinski definition) is 0. The molecule has 9 heteroatoms. The van der Waals surface area contributed by atoms with Crippen molar-refractivity contribution < 1.29 is 37.0 Å². The van der Waals surface area contributed by atoms with Crippen LogP contribution in [0.2, 0.25) is 0 Å². The van der Waals surface area contributed by atoms with Gasteiger partial charge >= 0.3 is 12.1 Å². The molecule has 1 fully saturated rings. The highest BCUT2D eigenvalue weighted by atomic mass is 19.2. The Hall–Kier alpha value is -3.36. The van der Waals surface area contributed by atoms with Crippen LogP contribution in [0.25, 0.3) is 0 Å². The fourth-order valence-corrected chi connectivity index (χ4v) is 3.07. The standard InChI is InChI=1S/C21H18F3NO5/c22-15-9-14(10-16(23)19(15)24)18(26)12-29-20(27)17-7-4-8-25(17)21(28)30-11-13-5-2-1-3-6-13/h1-3,5-6,9-10,17H,4,7-8,11-12H2/t17-/m0/s1. The Morgan fingerprint density at radius 2 is 1.67 bits per heavy atom. The number of benzene rings is 2. The first-order valence-corrected chi connectivity index (χ1v) is 9.18. The highest BCUT2D eigenvalue weighted by molar-refractivity contribution is 5.98. The van der Waals surface area contributed by atoms with Crippen LogP contribution in [0.5, 0.6) is 0 Å². The Morgan fingerprint density at radius 3 is 2.33 bits per heavy atom. The molecule has 0 radical (unpaired) electrons. The van der Waals surface area contributed by atoms with E-state index >= 15 is 0 Å². The number of hydrogen-bond acceptors (Lipinski definition) is 5. The van der Waals surface area contributed by atoms with Crippen LogP contribution in [0.1, 0.15) is 28.8 Å². The maximum absolute atomic E-state index is 13.2. The summed E-state index contributed by atoms with van der Waals surface area (Å²) >= 11 is 0. The van der Waals surface area contributed by atoms with Gasteiger partial charge in [0.05, 0.1) is 0 Å². The van der Waals surface area contributed by atoms with Gasteiger partial charge in [-0.05, 0) is 30.5 Å². The van der Waals surface area contributed by atoms with Gasteiger partial charge in [0.25, 0.3) is 0 Å². The molecule has 0 N–H and O–H groups in total. The van der Waals surface area contributed by atoms with Crippen LogP contribution in [0.15, 0.2) is 42.5 Å². The molecule has 0 saturated carbocycles. The molecule has 158 valence electrons. The van der Waals surface area contributed by atoms with E-state index in [1.54, 1.807) is 24.3 Å². The summed E-state index contributed by atoms with van der Waals surface area (Å²) in [6.45, 7) is -0.472. The Labute approximate surface area is 170 Å². The molecular weight excluding hydrogens is 403 g/mol. The minimum absolute atomic E-state index is 0.0398. The smallest absolute Gasteiger partial charge is 0.410 e. The predicted octanol–water partition coefficient (Wildman–Crippen LogP) is 3.63. The summed E-state index contributed by atoms with van der Waals surface area (Å²) in [7, 11) is 0. The first-order chi connectivity index (χ1) is 14.4. The van der Waals surface area contributed by atoms with Gasteiger partial charge in [0.15, 0.2) is 24.1 Å². The van der Waals surface area contributed by atoms with Gasteiger partial charge in [-0.3, -0.25) is 9.69 Å². The van der Waals surface area contributed by atoms with Crippen LogP contribution in [0.3, 0.4) is 0 Å². The lowest BCUT2D eigenvalue weighted by Gasteiger charge is -2.22. The average molecular weight is 421 g/mol. The van der Waals surface area contributed by atoms with Crippen molar-refractivity contribution in [3.8, 4) is 0 Å². The number of ketones is 1. The van der Waals surface area contributed by atoms with Gasteiger partial charge in [0.1, 0.15) is 12.6 Å². The maximum Gasteiger partial charge on any atom is 0.410 e. The first-order valence-electron chi connectivity index (χ1n) is 9.18. The maximum atomic E-state index is 13.2. The van der Waals surface area contributed by atoms with Crippen molar-refractivity contribution in [2.75, 3.05) is 13.2 Å². The molecule has 2 aromatic rings. The fraction of sp³-hybridized carbons (Fsp3) is 0.286. The van der Waals surface area contributed by atoms with Crippen molar-refractivity contribution in [2.45, 2.75) is 25.5 Å². The summed E-state index contributed by atoms with van der Waals surface area (Å²) in [5, 5.41) is 0. The summed E-state index contributed by atoms with van der Waals surface area (Å²) < 4.78 is 49.6. The molecule has 6 nitrogen and oxygen atoms in total. The average Bonchev–Trinajstić information content (AvgIpc) is 3.24. The van der Waals surface area contributed by atoms with Gasteiger partial charge < -0.3 is 9.47 Å².